The van der Waals surface area contributed by atoms with Crippen molar-refractivity contribution in [1.82, 2.24) is 14.5 Å². The number of nitrogens with one attached hydrogen (secondary N) is 1. The Kier molecular flexibility index (Phi) is 5.18. The quantitative estimate of drug-likeness (QED) is 0.850. The minimum Gasteiger partial charge on any atom is -0.265 e. The molecule has 2 aromatic rings. The zero-order chi connectivity index (χ0) is 15.5. The average molecular weight is 327 g/mol. The Morgan fingerprint density at radius 2 is 2.19 bits per heavy atom. The molecular weight excluding hydrogens is 306 g/mol. The van der Waals surface area contributed by atoms with E-state index in [0.29, 0.717) is 4.21 Å². The van der Waals surface area contributed by atoms with E-state index in [1.54, 1.807) is 12.3 Å². The first-order valence-corrected chi connectivity index (χ1v) is 9.47. The molecule has 0 aliphatic rings. The third kappa shape index (κ3) is 3.72. The fourth-order valence-electron chi connectivity index (χ4n) is 1.97. The second-order valence-electron chi connectivity index (χ2n) is 5.02. The van der Waals surface area contributed by atoms with E-state index in [4.69, 9.17) is 0 Å². The van der Waals surface area contributed by atoms with E-state index in [1.165, 1.54) is 11.3 Å². The van der Waals surface area contributed by atoms with Gasteiger partial charge in [-0.05, 0) is 31.9 Å². The molecule has 0 aliphatic heterocycles. The average Bonchev–Trinajstić information content (AvgIpc) is 3.06. The predicted molar refractivity (Wildman–Crippen MR) is 85.9 cm³/mol. The molecule has 0 amide bonds. The van der Waals surface area contributed by atoms with Gasteiger partial charge in [0.2, 0.25) is 10.0 Å². The Morgan fingerprint density at radius 1 is 1.43 bits per heavy atom. The van der Waals surface area contributed by atoms with Crippen molar-refractivity contribution in [1.29, 1.82) is 0 Å². The van der Waals surface area contributed by atoms with Crippen LogP contribution < -0.4 is 4.72 Å². The minimum absolute atomic E-state index is 0.0637. The molecule has 5 nitrogen and oxygen atoms in total. The zero-order valence-electron chi connectivity index (χ0n) is 12.5. The third-order valence-electron chi connectivity index (χ3n) is 3.26. The molecule has 7 heteroatoms. The van der Waals surface area contributed by atoms with Crippen molar-refractivity contribution in [3.05, 3.63) is 23.7 Å². The molecule has 0 fully saturated rings. The minimum atomic E-state index is -3.43. The van der Waals surface area contributed by atoms with Crippen LogP contribution in [-0.2, 0) is 16.6 Å². The number of nitrogens with zero attached hydrogens (tertiary/aromatic N) is 2. The molecule has 2 rings (SSSR count). The Labute approximate surface area is 130 Å². The van der Waals surface area contributed by atoms with E-state index in [1.807, 2.05) is 30.0 Å². The molecule has 0 saturated carbocycles. The molecule has 116 valence electrons. The maximum Gasteiger partial charge on any atom is 0.250 e. The van der Waals surface area contributed by atoms with Gasteiger partial charge in [0, 0.05) is 29.7 Å². The van der Waals surface area contributed by atoms with Crippen molar-refractivity contribution < 1.29 is 8.42 Å². The molecule has 1 atom stereocenters. The molecule has 0 spiro atoms. The number of hydrogen-bond donors (Lipinski definition) is 1. The Hall–Kier alpha value is -1.18. The van der Waals surface area contributed by atoms with Gasteiger partial charge >= 0.3 is 0 Å². The second-order valence-corrected chi connectivity index (χ2v) is 7.88. The number of thiophene rings is 1. The molecule has 2 aromatic heterocycles. The number of rotatable bonds is 7. The second kappa shape index (κ2) is 6.72. The highest BCUT2D eigenvalue weighted by molar-refractivity contribution is 7.91. The summed E-state index contributed by atoms with van der Waals surface area (Å²) in [4.78, 5) is 0. The van der Waals surface area contributed by atoms with Gasteiger partial charge in [0.15, 0.2) is 0 Å². The molecule has 0 saturated heterocycles. The Bertz CT molecular complexity index is 689. The van der Waals surface area contributed by atoms with Gasteiger partial charge in [-0.15, -0.1) is 11.3 Å². The molecule has 21 heavy (non-hydrogen) atoms. The summed E-state index contributed by atoms with van der Waals surface area (Å²) in [6, 6.07) is 3.57. The van der Waals surface area contributed by atoms with Crippen molar-refractivity contribution in [2.24, 2.45) is 0 Å². The van der Waals surface area contributed by atoms with Crippen LogP contribution in [0.25, 0.3) is 11.3 Å². The summed E-state index contributed by atoms with van der Waals surface area (Å²) in [5.41, 5.74) is 1.86. The van der Waals surface area contributed by atoms with Gasteiger partial charge in [-0.25, -0.2) is 13.1 Å². The predicted octanol–water partition coefficient (Wildman–Crippen LogP) is 3.10. The van der Waals surface area contributed by atoms with Crippen LogP contribution in [0.5, 0.6) is 0 Å². The van der Waals surface area contributed by atoms with Crippen LogP contribution >= 0.6 is 11.3 Å². The fraction of sp³-hybridized carbons (Fsp3) is 0.500. The molecule has 0 unspecified atom stereocenters. The smallest absolute Gasteiger partial charge is 0.250 e. The Morgan fingerprint density at radius 3 is 2.86 bits per heavy atom. The summed E-state index contributed by atoms with van der Waals surface area (Å²) in [5, 5.41) is 6.14. The standard InChI is InChI=1S/C14H21N3O2S2/c1-4-8-17-13(6-7-15-17)12-9-14(20-10-12)21(18,19)16-11(3)5-2/h6-7,9-11,16H,4-5,8H2,1-3H3/t11-/m0/s1. The summed E-state index contributed by atoms with van der Waals surface area (Å²) in [5.74, 6) is 0. The van der Waals surface area contributed by atoms with Gasteiger partial charge in [-0.3, -0.25) is 4.68 Å². The van der Waals surface area contributed by atoms with Crippen molar-refractivity contribution in [3.63, 3.8) is 0 Å². The highest BCUT2D eigenvalue weighted by Gasteiger charge is 2.20. The van der Waals surface area contributed by atoms with Crippen LogP contribution in [0.1, 0.15) is 33.6 Å². The van der Waals surface area contributed by atoms with E-state index in [0.717, 1.165) is 30.6 Å². The van der Waals surface area contributed by atoms with E-state index in [9.17, 15) is 8.42 Å². The van der Waals surface area contributed by atoms with Gasteiger partial charge in [-0.1, -0.05) is 13.8 Å². The number of aromatic nitrogens is 2. The van der Waals surface area contributed by atoms with Crippen LogP contribution in [0.3, 0.4) is 0 Å². The molecule has 1 N–H and O–H groups in total. The highest BCUT2D eigenvalue weighted by Crippen LogP contribution is 2.28. The third-order valence-corrected chi connectivity index (χ3v) is 6.29. The van der Waals surface area contributed by atoms with Crippen molar-refractivity contribution in [3.8, 4) is 11.3 Å². The Balaban J connectivity index is 2.27. The lowest BCUT2D eigenvalue weighted by atomic mass is 10.2. The number of aryl methyl sites for hydroxylation is 1. The normalized spacial score (nSPS) is 13.5. The SMILES string of the molecule is CCCn1nccc1-c1csc(S(=O)(=O)N[C@@H](C)CC)c1. The maximum atomic E-state index is 12.3. The van der Waals surface area contributed by atoms with Gasteiger partial charge < -0.3 is 0 Å². The van der Waals surface area contributed by atoms with E-state index >= 15 is 0 Å². The largest absolute Gasteiger partial charge is 0.265 e. The summed E-state index contributed by atoms with van der Waals surface area (Å²) in [7, 11) is -3.43. The number of sulfonamides is 1. The van der Waals surface area contributed by atoms with E-state index < -0.39 is 10.0 Å². The van der Waals surface area contributed by atoms with Gasteiger partial charge in [0.25, 0.3) is 0 Å². The molecule has 2 heterocycles. The van der Waals surface area contributed by atoms with Gasteiger partial charge in [-0.2, -0.15) is 5.10 Å². The number of hydrogen-bond acceptors (Lipinski definition) is 4. The monoisotopic (exact) mass is 327 g/mol. The van der Waals surface area contributed by atoms with Crippen LogP contribution in [0.4, 0.5) is 0 Å². The summed E-state index contributed by atoms with van der Waals surface area (Å²) in [6.07, 6.45) is 3.49. The van der Waals surface area contributed by atoms with Crippen LogP contribution in [-0.4, -0.2) is 24.2 Å². The fourth-order valence-corrected chi connectivity index (χ4v) is 4.48. The maximum absolute atomic E-state index is 12.3. The van der Waals surface area contributed by atoms with Gasteiger partial charge in [0.05, 0.1) is 5.69 Å². The lowest BCUT2D eigenvalue weighted by molar-refractivity contribution is 0.558. The zero-order valence-corrected chi connectivity index (χ0v) is 14.2. The first-order valence-electron chi connectivity index (χ1n) is 7.11. The van der Waals surface area contributed by atoms with Crippen LogP contribution in [0.15, 0.2) is 27.9 Å². The molecular formula is C14H21N3O2S2. The van der Waals surface area contributed by atoms with E-state index in [-0.39, 0.29) is 6.04 Å². The van der Waals surface area contributed by atoms with E-state index in [2.05, 4.69) is 16.7 Å². The van der Waals surface area contributed by atoms with Crippen molar-refractivity contribution in [2.75, 3.05) is 0 Å². The van der Waals surface area contributed by atoms with Crippen LogP contribution in [0, 0.1) is 0 Å². The lowest BCUT2D eigenvalue weighted by Crippen LogP contribution is -2.31. The van der Waals surface area contributed by atoms with Crippen LogP contribution in [0.2, 0.25) is 0 Å². The first-order chi connectivity index (χ1) is 9.97. The summed E-state index contributed by atoms with van der Waals surface area (Å²) >= 11 is 1.24. The summed E-state index contributed by atoms with van der Waals surface area (Å²) < 4.78 is 29.5. The topological polar surface area (TPSA) is 64.0 Å². The first kappa shape index (κ1) is 16.2. The highest BCUT2D eigenvalue weighted by atomic mass is 32.2. The van der Waals surface area contributed by atoms with Gasteiger partial charge in [0.1, 0.15) is 4.21 Å². The molecule has 0 radical (unpaired) electrons. The lowest BCUT2D eigenvalue weighted by Gasteiger charge is -2.10. The molecule has 0 bridgehead atoms. The molecule has 0 aliphatic carbocycles. The van der Waals surface area contributed by atoms with Crippen molar-refractivity contribution >= 4 is 21.4 Å². The summed E-state index contributed by atoms with van der Waals surface area (Å²) in [6.45, 7) is 6.73. The van der Waals surface area contributed by atoms with Crippen molar-refractivity contribution in [2.45, 2.75) is 50.4 Å². The molecule has 0 aromatic carbocycles.